The topological polar surface area (TPSA) is 114 Å². The van der Waals surface area contributed by atoms with Gasteiger partial charge in [-0.25, -0.2) is 9.59 Å². The molecule has 0 radical (unpaired) electrons. The number of hydrogen-bond acceptors (Lipinski definition) is 6. The molecule has 1 fully saturated rings. The molecule has 0 saturated heterocycles. The number of anilines is 1. The lowest BCUT2D eigenvalue weighted by molar-refractivity contribution is -0.128. The number of aryl methyl sites for hydroxylation is 1. The molecule has 3 N–H and O–H groups in total. The minimum atomic E-state index is -1.16. The number of rotatable bonds is 6. The summed E-state index contributed by atoms with van der Waals surface area (Å²) in [7, 11) is 0. The predicted octanol–water partition coefficient (Wildman–Crippen LogP) is 2.10. The monoisotopic (exact) mass is 381 g/mol. The van der Waals surface area contributed by atoms with Crippen molar-refractivity contribution in [3.63, 3.8) is 0 Å². The summed E-state index contributed by atoms with van der Waals surface area (Å²) in [5.74, 6) is -1.54. The number of ether oxygens (including phenoxy) is 1. The maximum atomic E-state index is 12.5. The molecule has 8 nitrogen and oxygen atoms in total. The van der Waals surface area contributed by atoms with Gasteiger partial charge in [0.1, 0.15) is 5.00 Å². The van der Waals surface area contributed by atoms with Gasteiger partial charge in [-0.05, 0) is 46.1 Å². The highest BCUT2D eigenvalue weighted by Crippen LogP contribution is 2.36. The van der Waals surface area contributed by atoms with E-state index in [4.69, 9.17) is 4.74 Å². The second-order valence-corrected chi connectivity index (χ2v) is 7.37. The number of nitrogens with one attached hydrogen (secondary N) is 3. The van der Waals surface area contributed by atoms with Gasteiger partial charge in [-0.1, -0.05) is 0 Å². The Balaban J connectivity index is 2.07. The second kappa shape index (κ2) is 8.31. The average molecular weight is 381 g/mol. The first-order valence-electron chi connectivity index (χ1n) is 8.45. The fraction of sp³-hybridized carbons (Fsp3) is 0.529. The van der Waals surface area contributed by atoms with E-state index in [9.17, 15) is 19.2 Å². The third-order valence-corrected chi connectivity index (χ3v) is 5.12. The first kappa shape index (κ1) is 19.9. The van der Waals surface area contributed by atoms with Crippen molar-refractivity contribution >= 4 is 40.2 Å². The van der Waals surface area contributed by atoms with Gasteiger partial charge >= 0.3 is 12.0 Å². The molecule has 0 aliphatic heterocycles. The van der Waals surface area contributed by atoms with Crippen LogP contribution in [0, 0.1) is 19.8 Å². The Bertz CT molecular complexity index is 739. The molecule has 2 rings (SSSR count). The Morgan fingerprint density at radius 2 is 1.88 bits per heavy atom. The fourth-order valence-electron chi connectivity index (χ4n) is 2.21. The molecule has 1 aliphatic carbocycles. The number of imide groups is 1. The first-order chi connectivity index (χ1) is 12.2. The summed E-state index contributed by atoms with van der Waals surface area (Å²) in [5.41, 5.74) is 0.946. The van der Waals surface area contributed by atoms with Crippen LogP contribution in [-0.4, -0.2) is 36.5 Å². The highest BCUT2D eigenvalue weighted by atomic mass is 32.1. The molecule has 142 valence electrons. The van der Waals surface area contributed by atoms with E-state index >= 15 is 0 Å². The highest BCUT2D eigenvalue weighted by molar-refractivity contribution is 7.16. The zero-order valence-electron chi connectivity index (χ0n) is 15.2. The van der Waals surface area contributed by atoms with E-state index in [-0.39, 0.29) is 17.4 Å². The number of carbonyl (C=O) groups is 4. The van der Waals surface area contributed by atoms with Crippen molar-refractivity contribution in [3.8, 4) is 0 Å². The lowest BCUT2D eigenvalue weighted by Gasteiger charge is -2.14. The van der Waals surface area contributed by atoms with Gasteiger partial charge in [0.25, 0.3) is 5.91 Å². The van der Waals surface area contributed by atoms with Crippen LogP contribution in [0.5, 0.6) is 0 Å². The van der Waals surface area contributed by atoms with Crippen LogP contribution in [0.2, 0.25) is 0 Å². The van der Waals surface area contributed by atoms with Crippen LogP contribution in [0.25, 0.3) is 0 Å². The van der Waals surface area contributed by atoms with Gasteiger partial charge in [0, 0.05) is 17.3 Å². The lowest BCUT2D eigenvalue weighted by Crippen LogP contribution is -2.44. The minimum absolute atomic E-state index is 0.00311. The predicted molar refractivity (Wildman–Crippen MR) is 97.2 cm³/mol. The van der Waals surface area contributed by atoms with Crippen LogP contribution in [0.15, 0.2) is 0 Å². The van der Waals surface area contributed by atoms with Crippen molar-refractivity contribution in [2.45, 2.75) is 46.6 Å². The number of urea groups is 1. The third-order valence-electron chi connectivity index (χ3n) is 4.00. The molecule has 9 heteroatoms. The lowest BCUT2D eigenvalue weighted by atomic mass is 10.1. The number of esters is 1. The zero-order chi connectivity index (χ0) is 19.4. The van der Waals surface area contributed by atoms with Gasteiger partial charge in [-0.15, -0.1) is 11.3 Å². The van der Waals surface area contributed by atoms with E-state index in [0.29, 0.717) is 17.1 Å². The molecule has 4 amide bonds. The number of hydrogen-bond donors (Lipinski definition) is 3. The molecule has 1 aliphatic rings. The summed E-state index contributed by atoms with van der Waals surface area (Å²) in [6.45, 7) is 7.06. The maximum Gasteiger partial charge on any atom is 0.342 e. The molecule has 1 heterocycles. The Kier molecular flexibility index (Phi) is 6.36. The van der Waals surface area contributed by atoms with E-state index in [2.05, 4.69) is 16.0 Å². The average Bonchev–Trinajstić information content (AvgIpc) is 3.35. The summed E-state index contributed by atoms with van der Waals surface area (Å²) in [4.78, 5) is 48.8. The molecule has 1 saturated carbocycles. The molecular weight excluding hydrogens is 358 g/mol. The molecule has 1 atom stereocenters. The van der Waals surface area contributed by atoms with Crippen LogP contribution in [0.4, 0.5) is 9.80 Å². The highest BCUT2D eigenvalue weighted by Gasteiger charge is 2.32. The SMILES string of the molecule is CCNC(=O)NC(=O)C(C)OC(=O)c1c(NC(=O)C2CC2)sc(C)c1C. The van der Waals surface area contributed by atoms with E-state index < -0.39 is 24.0 Å². The van der Waals surface area contributed by atoms with Crippen molar-refractivity contribution < 1.29 is 23.9 Å². The summed E-state index contributed by atoms with van der Waals surface area (Å²) in [6, 6.07) is -0.652. The van der Waals surface area contributed by atoms with Crippen molar-refractivity contribution in [3.05, 3.63) is 16.0 Å². The van der Waals surface area contributed by atoms with Crippen LogP contribution in [0.1, 0.15) is 47.5 Å². The Labute approximate surface area is 155 Å². The Morgan fingerprint density at radius 1 is 1.23 bits per heavy atom. The zero-order valence-corrected chi connectivity index (χ0v) is 16.0. The smallest absolute Gasteiger partial charge is 0.342 e. The summed E-state index contributed by atoms with van der Waals surface area (Å²) in [5, 5.41) is 7.72. The second-order valence-electron chi connectivity index (χ2n) is 6.15. The quantitative estimate of drug-likeness (QED) is 0.653. The van der Waals surface area contributed by atoms with Crippen molar-refractivity contribution in [1.29, 1.82) is 0 Å². The molecule has 1 aromatic rings. The van der Waals surface area contributed by atoms with E-state index in [1.54, 1.807) is 13.8 Å². The van der Waals surface area contributed by atoms with Gasteiger partial charge in [0.05, 0.1) is 5.56 Å². The molecule has 1 aromatic heterocycles. The standard InChI is InChI=1S/C17H23N3O5S/c1-5-18-17(24)20-13(21)9(3)25-16(23)12-8(2)10(4)26-15(12)19-14(22)11-6-7-11/h9,11H,5-7H2,1-4H3,(H,19,22)(H2,18,20,21,24). The molecule has 0 bridgehead atoms. The molecule has 0 aromatic carbocycles. The maximum absolute atomic E-state index is 12.5. The molecule has 26 heavy (non-hydrogen) atoms. The van der Waals surface area contributed by atoms with Gasteiger partial charge in [-0.2, -0.15) is 0 Å². The van der Waals surface area contributed by atoms with Crippen LogP contribution < -0.4 is 16.0 Å². The largest absolute Gasteiger partial charge is 0.449 e. The third kappa shape index (κ3) is 4.81. The van der Waals surface area contributed by atoms with Crippen molar-refractivity contribution in [2.75, 3.05) is 11.9 Å². The summed E-state index contributed by atoms with van der Waals surface area (Å²) >= 11 is 1.30. The Morgan fingerprint density at radius 3 is 2.46 bits per heavy atom. The molecule has 1 unspecified atom stereocenters. The van der Waals surface area contributed by atoms with Gasteiger partial charge in [0.2, 0.25) is 5.91 Å². The molecular formula is C17H23N3O5S. The summed E-state index contributed by atoms with van der Waals surface area (Å²) in [6.07, 6.45) is 0.550. The number of thiophene rings is 1. The van der Waals surface area contributed by atoms with Crippen LogP contribution >= 0.6 is 11.3 Å². The first-order valence-corrected chi connectivity index (χ1v) is 9.26. The van der Waals surface area contributed by atoms with Crippen molar-refractivity contribution in [1.82, 2.24) is 10.6 Å². The minimum Gasteiger partial charge on any atom is -0.449 e. The normalized spacial score (nSPS) is 14.3. The van der Waals surface area contributed by atoms with Crippen LogP contribution in [0.3, 0.4) is 0 Å². The van der Waals surface area contributed by atoms with E-state index in [0.717, 1.165) is 17.7 Å². The number of carbonyl (C=O) groups excluding carboxylic acids is 4. The van der Waals surface area contributed by atoms with E-state index in [1.807, 2.05) is 6.92 Å². The van der Waals surface area contributed by atoms with Gasteiger partial charge in [0.15, 0.2) is 6.10 Å². The van der Waals surface area contributed by atoms with E-state index in [1.165, 1.54) is 18.3 Å². The fourth-order valence-corrected chi connectivity index (χ4v) is 3.26. The number of amides is 4. The molecule has 0 spiro atoms. The van der Waals surface area contributed by atoms with Crippen LogP contribution in [-0.2, 0) is 14.3 Å². The van der Waals surface area contributed by atoms with Gasteiger partial charge < -0.3 is 15.4 Å². The van der Waals surface area contributed by atoms with Crippen molar-refractivity contribution in [2.24, 2.45) is 5.92 Å². The Hall–Kier alpha value is -2.42. The summed E-state index contributed by atoms with van der Waals surface area (Å²) < 4.78 is 5.19. The van der Waals surface area contributed by atoms with Gasteiger partial charge in [-0.3, -0.25) is 14.9 Å².